The molecule has 1 fully saturated rings. The second kappa shape index (κ2) is 39.1. The molecule has 0 aliphatic carbocycles. The highest BCUT2D eigenvalue weighted by Gasteiger charge is 2.44. The van der Waals surface area contributed by atoms with E-state index in [0.717, 1.165) is 23.1 Å². The summed E-state index contributed by atoms with van der Waals surface area (Å²) in [6.07, 6.45) is -8.70. The fourth-order valence-corrected chi connectivity index (χ4v) is 11.6. The van der Waals surface area contributed by atoms with Crippen LogP contribution in [0.5, 0.6) is 0 Å². The first kappa shape index (κ1) is 82.3. The summed E-state index contributed by atoms with van der Waals surface area (Å²) in [5, 5.41) is 82.6. The highest BCUT2D eigenvalue weighted by Crippen LogP contribution is 2.26. The van der Waals surface area contributed by atoms with Crippen molar-refractivity contribution in [2.45, 2.75) is 172 Å². The number of hydrogen-bond donors (Lipinski definition) is 19. The number of rotatable bonds is 23. The van der Waals surface area contributed by atoms with E-state index in [9.17, 15) is 63.6 Å². The molecule has 0 aromatic heterocycles. The number of hydrogen-bond acceptors (Lipinski definition) is 19. The van der Waals surface area contributed by atoms with Crippen molar-refractivity contribution >= 4 is 98.5 Å². The third-order valence-corrected chi connectivity index (χ3v) is 17.6. The molecule has 11 amide bonds. The SMILES string of the molecule is CC[C@H](C)[C@@H]1NC(=O)[C@@H](CCCNC(=N)N)NC(=O)[C@H](CC(C)C)NC(=O)[C@H]([C@H](O)C(C)C)NC(=O)[C@@H](NC(=O)[C@H](Cc2cccc3ccccc23)NC(=O)[C@H](N)Cc2ccc3ccccc3c2)[C@@H](c2ccccc2)OC(=O)[C@H](CO)NC(=O)[C@H]([C@H](O)C(N)=O)NC(=O)CNC(=O)[C@H]([C@H](C)O)NC1=O. The second-order valence-corrected chi connectivity index (χ2v) is 26.6. The Bertz CT molecular complexity index is 3870. The second-order valence-electron chi connectivity index (χ2n) is 26.6. The summed E-state index contributed by atoms with van der Waals surface area (Å²) in [6.45, 7) is 8.26. The minimum absolute atomic E-state index is 0.00186. The quantitative estimate of drug-likeness (QED) is 0.0139. The average molecular weight is 1440 g/mol. The summed E-state index contributed by atoms with van der Waals surface area (Å²) in [5.74, 6) is -17.4. The van der Waals surface area contributed by atoms with Crippen LogP contribution < -0.4 is 75.7 Å². The van der Waals surface area contributed by atoms with Crippen molar-refractivity contribution in [2.24, 2.45) is 35.0 Å². The van der Waals surface area contributed by atoms with Gasteiger partial charge < -0.3 is 101 Å². The number of aliphatic hydroxyl groups is 4. The van der Waals surface area contributed by atoms with Crippen molar-refractivity contribution in [3.05, 3.63) is 132 Å². The molecule has 1 aliphatic rings. The molecule has 1 aliphatic heterocycles. The van der Waals surface area contributed by atoms with Crippen LogP contribution in [0.15, 0.2) is 115 Å². The van der Waals surface area contributed by atoms with Crippen molar-refractivity contribution in [2.75, 3.05) is 19.7 Å². The molecule has 0 bridgehead atoms. The number of primary amides is 1. The average Bonchev–Trinajstić information content (AvgIpc) is 0.820. The number of aliphatic hydroxyl groups excluding tert-OH is 4. The van der Waals surface area contributed by atoms with Gasteiger partial charge in [-0.3, -0.25) is 58.1 Å². The van der Waals surface area contributed by atoms with Gasteiger partial charge in [0.15, 0.2) is 24.2 Å². The lowest BCUT2D eigenvalue weighted by Gasteiger charge is -2.33. The van der Waals surface area contributed by atoms with E-state index in [4.69, 9.17) is 27.3 Å². The minimum atomic E-state index is -2.60. The number of nitrogens with two attached hydrogens (primary N) is 3. The molecule has 0 unspecified atom stereocenters. The lowest BCUT2D eigenvalue weighted by Crippen LogP contribution is -2.64. The molecule has 104 heavy (non-hydrogen) atoms. The Kier molecular flexibility index (Phi) is 30.9. The van der Waals surface area contributed by atoms with Crippen molar-refractivity contribution in [1.29, 1.82) is 5.41 Å². The molecule has 5 aromatic rings. The van der Waals surface area contributed by atoms with Gasteiger partial charge in [0.05, 0.1) is 31.4 Å². The Morgan fingerprint density at radius 1 is 0.615 bits per heavy atom. The lowest BCUT2D eigenvalue weighted by atomic mass is 9.95. The number of benzene rings is 5. The molecule has 1 heterocycles. The third-order valence-electron chi connectivity index (χ3n) is 17.6. The predicted molar refractivity (Wildman–Crippen MR) is 382 cm³/mol. The zero-order valence-corrected chi connectivity index (χ0v) is 59.0. The van der Waals surface area contributed by atoms with Crippen LogP contribution in [0.3, 0.4) is 0 Å². The van der Waals surface area contributed by atoms with Crippen LogP contribution in [-0.4, -0.2) is 196 Å². The maximum absolute atomic E-state index is 15.8. The highest BCUT2D eigenvalue weighted by molar-refractivity contribution is 6.01. The molecular weight excluding hydrogens is 1350 g/mol. The Morgan fingerprint density at radius 2 is 1.20 bits per heavy atom. The zero-order valence-electron chi connectivity index (χ0n) is 59.0. The van der Waals surface area contributed by atoms with Gasteiger partial charge in [-0.05, 0) is 88.6 Å². The van der Waals surface area contributed by atoms with Crippen LogP contribution in [0.1, 0.15) is 96.9 Å². The number of amides is 11. The van der Waals surface area contributed by atoms with E-state index in [1.807, 2.05) is 53.8 Å². The predicted octanol–water partition coefficient (Wildman–Crippen LogP) is -2.53. The minimum Gasteiger partial charge on any atom is -0.453 e. The topological polar surface area (TPSA) is 529 Å². The maximum Gasteiger partial charge on any atom is 0.331 e. The number of ether oxygens (including phenoxy) is 1. The summed E-state index contributed by atoms with van der Waals surface area (Å²) < 4.78 is 6.07. The Hall–Kier alpha value is -10.7. The molecular formula is C72H97N15O17. The number of nitrogens with one attached hydrogen (secondary N) is 12. The number of fused-ring (bicyclic) bond motifs is 2. The van der Waals surface area contributed by atoms with Gasteiger partial charge in [-0.15, -0.1) is 0 Å². The molecule has 5 aromatic carbocycles. The third kappa shape index (κ3) is 23.4. The first-order valence-electron chi connectivity index (χ1n) is 34.3. The Labute approximate surface area is 601 Å². The Balaban J connectivity index is 1.52. The van der Waals surface area contributed by atoms with Crippen molar-refractivity contribution < 1.29 is 82.7 Å². The van der Waals surface area contributed by atoms with Gasteiger partial charge in [-0.1, -0.05) is 163 Å². The van der Waals surface area contributed by atoms with Gasteiger partial charge in [0.25, 0.3) is 0 Å². The van der Waals surface area contributed by atoms with Crippen LogP contribution >= 0.6 is 0 Å². The van der Waals surface area contributed by atoms with Gasteiger partial charge in [0.2, 0.25) is 65.0 Å². The summed E-state index contributed by atoms with van der Waals surface area (Å²) in [4.78, 5) is 174. The first-order valence-corrected chi connectivity index (χ1v) is 34.3. The standard InChI is InChI=1S/C72H97N15O17/c1-8-38(6)53-67(99)85-54(39(7)89)66(98)78-34-52(90)83-56(59(92)61(74)93)69(101)82-51(35-88)71(103)104-60(43-20-10-9-11-21-43)57(70(102)86-55(58(91)37(4)5)68(100)81-49(30-36(2)3)64(96)79-48(63(95)84-53)26-17-29-77-72(75)76)87-65(97)50(33-45-24-16-23-42-19-14-15-25-46(42)45)80-62(94)47(73)32-40-27-28-41-18-12-13-22-44(41)31-40/h9-16,18-25,27-28,31,36-39,47-51,53-60,88-89,91-92H,8,17,26,29-30,32-35,73H2,1-7H3,(H2,74,93)(H,78,98)(H,79,96)(H,80,94)(H,81,100)(H,82,101)(H,83,90)(H,84,95)(H,85,99)(H,86,102)(H,87,97)(H4,75,76,77)/t38-,39-,47+,48+,49-,50-,51-,53-,54-,55-,56-,57-,58+,59-,60+/m0/s1. The van der Waals surface area contributed by atoms with Crippen molar-refractivity contribution in [1.82, 2.24) is 58.5 Å². The molecule has 22 N–H and O–H groups in total. The van der Waals surface area contributed by atoms with E-state index < -0.39 is 193 Å². The molecule has 0 saturated carbocycles. The van der Waals surface area contributed by atoms with Gasteiger partial charge in [-0.25, -0.2) is 4.79 Å². The molecule has 32 heteroatoms. The largest absolute Gasteiger partial charge is 0.453 e. The number of guanidine groups is 1. The van der Waals surface area contributed by atoms with Crippen LogP contribution in [0.25, 0.3) is 21.5 Å². The summed E-state index contributed by atoms with van der Waals surface area (Å²) in [6, 6.07) is 13.9. The van der Waals surface area contributed by atoms with Crippen molar-refractivity contribution in [3.8, 4) is 0 Å². The summed E-state index contributed by atoms with van der Waals surface area (Å²) >= 11 is 0. The molecule has 0 radical (unpaired) electrons. The van der Waals surface area contributed by atoms with Gasteiger partial charge in [-0.2, -0.15) is 0 Å². The van der Waals surface area contributed by atoms with Crippen molar-refractivity contribution in [3.63, 3.8) is 0 Å². The monoisotopic (exact) mass is 1440 g/mol. The number of cyclic esters (lactones) is 1. The number of carbonyl (C=O) groups is 12. The number of esters is 1. The molecule has 0 spiro atoms. The van der Waals surface area contributed by atoms with Gasteiger partial charge >= 0.3 is 5.97 Å². The van der Waals surface area contributed by atoms with Crippen LogP contribution in [0.2, 0.25) is 0 Å². The molecule has 562 valence electrons. The Morgan fingerprint density at radius 3 is 1.84 bits per heavy atom. The summed E-state index contributed by atoms with van der Waals surface area (Å²) in [5.41, 5.74) is 18.7. The highest BCUT2D eigenvalue weighted by atomic mass is 16.5. The summed E-state index contributed by atoms with van der Waals surface area (Å²) in [7, 11) is 0. The molecule has 15 atom stereocenters. The fraction of sp³-hybridized carbons (Fsp3) is 0.458. The van der Waals surface area contributed by atoms with Crippen LogP contribution in [-0.2, 0) is 75.1 Å². The van der Waals surface area contributed by atoms with Crippen LogP contribution in [0.4, 0.5) is 0 Å². The molecule has 32 nitrogen and oxygen atoms in total. The zero-order chi connectivity index (χ0) is 76.6. The fourth-order valence-electron chi connectivity index (χ4n) is 11.6. The smallest absolute Gasteiger partial charge is 0.331 e. The van der Waals surface area contributed by atoms with E-state index >= 15 is 14.4 Å². The maximum atomic E-state index is 15.8. The van der Waals surface area contributed by atoms with E-state index in [-0.39, 0.29) is 50.6 Å². The van der Waals surface area contributed by atoms with E-state index in [0.29, 0.717) is 16.5 Å². The van der Waals surface area contributed by atoms with E-state index in [2.05, 4.69) is 53.2 Å². The van der Waals surface area contributed by atoms with Gasteiger partial charge in [0.1, 0.15) is 48.3 Å². The first-order chi connectivity index (χ1) is 49.3. The molecule has 1 saturated heterocycles. The normalized spacial score (nSPS) is 22.9. The lowest BCUT2D eigenvalue weighted by molar-refractivity contribution is -0.159. The van der Waals surface area contributed by atoms with E-state index in [1.54, 1.807) is 64.1 Å². The molecule has 6 rings (SSSR count). The van der Waals surface area contributed by atoms with Gasteiger partial charge in [0, 0.05) is 13.0 Å². The number of carbonyl (C=O) groups excluding carboxylic acids is 12. The van der Waals surface area contributed by atoms with Crippen LogP contribution in [0, 0.1) is 23.2 Å². The van der Waals surface area contributed by atoms with E-state index in [1.165, 1.54) is 44.2 Å².